The van der Waals surface area contributed by atoms with Crippen LogP contribution in [0.25, 0.3) is 0 Å². The Morgan fingerprint density at radius 3 is 2.69 bits per heavy atom. The summed E-state index contributed by atoms with van der Waals surface area (Å²) >= 11 is 0. The van der Waals surface area contributed by atoms with Gasteiger partial charge in [0, 0.05) is 12.8 Å². The summed E-state index contributed by atoms with van der Waals surface area (Å²) in [7, 11) is 0. The molecule has 4 heteroatoms. The third kappa shape index (κ3) is 1.72. The predicted molar refractivity (Wildman–Crippen MR) is 45.1 cm³/mol. The molecule has 1 aliphatic carbocycles. The molecular weight excluding hydrogens is 172 g/mol. The standard InChI is InChI=1S/C9H16O4/c10-5-7(11)8-6-12-9(13-8)3-1-2-4-9/h7-8,10-11H,1-6H2/t7?,8-/m0/s1. The lowest BCUT2D eigenvalue weighted by molar-refractivity contribution is -0.174. The van der Waals surface area contributed by atoms with Crippen molar-refractivity contribution in [1.29, 1.82) is 0 Å². The minimum Gasteiger partial charge on any atom is -0.394 e. The smallest absolute Gasteiger partial charge is 0.169 e. The molecule has 4 nitrogen and oxygen atoms in total. The van der Waals surface area contributed by atoms with Crippen molar-refractivity contribution in [3.63, 3.8) is 0 Å². The minimum atomic E-state index is -0.806. The molecule has 13 heavy (non-hydrogen) atoms. The largest absolute Gasteiger partial charge is 0.394 e. The van der Waals surface area contributed by atoms with E-state index in [1.165, 1.54) is 0 Å². The summed E-state index contributed by atoms with van der Waals surface area (Å²) in [5.74, 6) is -0.430. The van der Waals surface area contributed by atoms with Gasteiger partial charge in [-0.15, -0.1) is 0 Å². The van der Waals surface area contributed by atoms with Crippen LogP contribution >= 0.6 is 0 Å². The first-order valence-electron chi connectivity index (χ1n) is 4.86. The summed E-state index contributed by atoms with van der Waals surface area (Å²) in [6, 6.07) is 0. The maximum Gasteiger partial charge on any atom is 0.169 e. The van der Waals surface area contributed by atoms with Crippen LogP contribution in [0.15, 0.2) is 0 Å². The summed E-state index contributed by atoms with van der Waals surface area (Å²) < 4.78 is 11.2. The maximum atomic E-state index is 9.35. The van der Waals surface area contributed by atoms with Crippen LogP contribution < -0.4 is 0 Å². The highest BCUT2D eigenvalue weighted by Gasteiger charge is 2.45. The van der Waals surface area contributed by atoms with E-state index in [0.29, 0.717) is 6.61 Å². The van der Waals surface area contributed by atoms with Crippen LogP contribution in [-0.4, -0.2) is 41.4 Å². The van der Waals surface area contributed by atoms with Crippen LogP contribution in [0.2, 0.25) is 0 Å². The average Bonchev–Trinajstić information content (AvgIpc) is 2.76. The topological polar surface area (TPSA) is 58.9 Å². The van der Waals surface area contributed by atoms with Crippen LogP contribution in [0, 0.1) is 0 Å². The number of hydrogen-bond acceptors (Lipinski definition) is 4. The molecule has 2 aliphatic rings. The van der Waals surface area contributed by atoms with Crippen molar-refractivity contribution in [1.82, 2.24) is 0 Å². The molecule has 2 fully saturated rings. The summed E-state index contributed by atoms with van der Waals surface area (Å²) in [5, 5.41) is 18.1. The first-order valence-corrected chi connectivity index (χ1v) is 4.86. The van der Waals surface area contributed by atoms with Crippen molar-refractivity contribution in [3.05, 3.63) is 0 Å². The summed E-state index contributed by atoms with van der Waals surface area (Å²) in [6.07, 6.45) is 2.94. The first kappa shape index (κ1) is 9.40. The Bertz CT molecular complexity index is 176. The van der Waals surface area contributed by atoms with Gasteiger partial charge in [-0.3, -0.25) is 0 Å². The van der Waals surface area contributed by atoms with Crippen LogP contribution in [0.1, 0.15) is 25.7 Å². The molecule has 1 saturated heterocycles. The molecule has 1 spiro atoms. The van der Waals surface area contributed by atoms with E-state index in [-0.39, 0.29) is 12.7 Å². The Morgan fingerprint density at radius 2 is 2.08 bits per heavy atom. The Kier molecular flexibility index (Phi) is 2.55. The van der Waals surface area contributed by atoms with Gasteiger partial charge < -0.3 is 19.7 Å². The lowest BCUT2D eigenvalue weighted by Crippen LogP contribution is -2.34. The van der Waals surface area contributed by atoms with Gasteiger partial charge in [0.2, 0.25) is 0 Å². The van der Waals surface area contributed by atoms with E-state index < -0.39 is 11.9 Å². The zero-order chi connectivity index (χ0) is 9.31. The van der Waals surface area contributed by atoms with Gasteiger partial charge in [-0.1, -0.05) is 0 Å². The highest BCUT2D eigenvalue weighted by molar-refractivity contribution is 4.86. The second-order valence-corrected chi connectivity index (χ2v) is 3.84. The zero-order valence-corrected chi connectivity index (χ0v) is 7.61. The van der Waals surface area contributed by atoms with Gasteiger partial charge >= 0.3 is 0 Å². The number of aliphatic hydroxyl groups is 2. The fraction of sp³-hybridized carbons (Fsp3) is 1.00. The first-order chi connectivity index (χ1) is 6.26. The van der Waals surface area contributed by atoms with Crippen molar-refractivity contribution in [2.75, 3.05) is 13.2 Å². The second kappa shape index (κ2) is 3.53. The Balaban J connectivity index is 1.93. The molecule has 1 heterocycles. The van der Waals surface area contributed by atoms with Gasteiger partial charge in [0.15, 0.2) is 5.79 Å². The molecule has 0 aromatic rings. The SMILES string of the molecule is OCC(O)[C@@H]1COC2(CCCC2)O1. The molecule has 2 atom stereocenters. The van der Waals surface area contributed by atoms with Gasteiger partial charge in [0.05, 0.1) is 13.2 Å². The normalized spacial score (nSPS) is 34.2. The molecule has 1 unspecified atom stereocenters. The average molecular weight is 188 g/mol. The van der Waals surface area contributed by atoms with E-state index in [4.69, 9.17) is 14.6 Å². The minimum absolute atomic E-state index is 0.260. The molecule has 2 rings (SSSR count). The zero-order valence-electron chi connectivity index (χ0n) is 7.61. The van der Waals surface area contributed by atoms with Gasteiger partial charge in [0.25, 0.3) is 0 Å². The second-order valence-electron chi connectivity index (χ2n) is 3.84. The third-order valence-electron chi connectivity index (χ3n) is 2.86. The van der Waals surface area contributed by atoms with Crippen LogP contribution in [-0.2, 0) is 9.47 Å². The lowest BCUT2D eigenvalue weighted by atomic mass is 10.2. The van der Waals surface area contributed by atoms with E-state index in [1.807, 2.05) is 0 Å². The van der Waals surface area contributed by atoms with Crippen molar-refractivity contribution in [3.8, 4) is 0 Å². The van der Waals surface area contributed by atoms with Gasteiger partial charge in [-0.2, -0.15) is 0 Å². The number of aliphatic hydroxyl groups excluding tert-OH is 2. The summed E-state index contributed by atoms with van der Waals surface area (Å²) in [6.45, 7) is 0.145. The summed E-state index contributed by atoms with van der Waals surface area (Å²) in [5.41, 5.74) is 0. The fourth-order valence-corrected chi connectivity index (χ4v) is 2.06. The molecule has 76 valence electrons. The monoisotopic (exact) mass is 188 g/mol. The molecule has 0 aromatic carbocycles. The summed E-state index contributed by atoms with van der Waals surface area (Å²) in [4.78, 5) is 0. The van der Waals surface area contributed by atoms with Gasteiger partial charge in [0.1, 0.15) is 12.2 Å². The predicted octanol–water partition coefficient (Wildman–Crippen LogP) is 0.0253. The molecule has 2 N–H and O–H groups in total. The fourth-order valence-electron chi connectivity index (χ4n) is 2.06. The molecule has 1 aliphatic heterocycles. The van der Waals surface area contributed by atoms with Crippen LogP contribution in [0.5, 0.6) is 0 Å². The third-order valence-corrected chi connectivity index (χ3v) is 2.86. The Hall–Kier alpha value is -0.160. The molecule has 0 aromatic heterocycles. The number of rotatable bonds is 2. The van der Waals surface area contributed by atoms with E-state index >= 15 is 0 Å². The van der Waals surface area contributed by atoms with Crippen molar-refractivity contribution in [2.24, 2.45) is 0 Å². The Morgan fingerprint density at radius 1 is 1.38 bits per heavy atom. The van der Waals surface area contributed by atoms with E-state index in [2.05, 4.69) is 0 Å². The van der Waals surface area contributed by atoms with Crippen molar-refractivity contribution >= 4 is 0 Å². The van der Waals surface area contributed by atoms with Crippen LogP contribution in [0.3, 0.4) is 0 Å². The molecule has 0 amide bonds. The van der Waals surface area contributed by atoms with E-state index in [0.717, 1.165) is 25.7 Å². The van der Waals surface area contributed by atoms with Gasteiger partial charge in [-0.25, -0.2) is 0 Å². The quantitative estimate of drug-likeness (QED) is 0.641. The Labute approximate surface area is 77.5 Å². The molecule has 0 bridgehead atoms. The van der Waals surface area contributed by atoms with E-state index in [1.54, 1.807) is 0 Å². The molecule has 1 saturated carbocycles. The van der Waals surface area contributed by atoms with E-state index in [9.17, 15) is 5.11 Å². The molecule has 0 radical (unpaired) electrons. The maximum absolute atomic E-state index is 9.35. The van der Waals surface area contributed by atoms with Crippen LogP contribution in [0.4, 0.5) is 0 Å². The van der Waals surface area contributed by atoms with Gasteiger partial charge in [-0.05, 0) is 12.8 Å². The highest BCUT2D eigenvalue weighted by atomic mass is 16.7. The molecular formula is C9H16O4. The van der Waals surface area contributed by atoms with Crippen molar-refractivity contribution in [2.45, 2.75) is 43.7 Å². The number of ether oxygens (including phenoxy) is 2. The lowest BCUT2D eigenvalue weighted by Gasteiger charge is -2.22. The van der Waals surface area contributed by atoms with Crippen molar-refractivity contribution < 1.29 is 19.7 Å². The highest BCUT2D eigenvalue weighted by Crippen LogP contribution is 2.39. The number of hydrogen-bond donors (Lipinski definition) is 2.